The lowest BCUT2D eigenvalue weighted by Gasteiger charge is -2.15. The third-order valence-electron chi connectivity index (χ3n) is 4.12. The molecule has 0 N–H and O–H groups in total. The average molecular weight is 347 g/mol. The standard InChI is InChI=1S/C19H17N5O2/c1-13(14-5-6-17-15(10-14)4-3-8-20-17)26-19-18(25)7-9-24(22-19)16-11-21-23(2)12-16/h3-13H,1-2H3/t13-/m0/s1. The summed E-state index contributed by atoms with van der Waals surface area (Å²) in [4.78, 5) is 16.5. The lowest BCUT2D eigenvalue weighted by molar-refractivity contribution is 0.211. The van der Waals surface area contributed by atoms with E-state index >= 15 is 0 Å². The van der Waals surface area contributed by atoms with Crippen LogP contribution in [-0.4, -0.2) is 24.5 Å². The number of benzene rings is 1. The zero-order chi connectivity index (χ0) is 18.1. The lowest BCUT2D eigenvalue weighted by atomic mass is 10.1. The molecule has 26 heavy (non-hydrogen) atoms. The molecule has 130 valence electrons. The van der Waals surface area contributed by atoms with E-state index in [1.807, 2.05) is 44.3 Å². The molecule has 0 saturated carbocycles. The van der Waals surface area contributed by atoms with Crippen molar-refractivity contribution in [2.45, 2.75) is 13.0 Å². The molecule has 0 amide bonds. The Bertz CT molecular complexity index is 1130. The monoisotopic (exact) mass is 347 g/mol. The average Bonchev–Trinajstić information content (AvgIpc) is 3.09. The van der Waals surface area contributed by atoms with Gasteiger partial charge >= 0.3 is 0 Å². The van der Waals surface area contributed by atoms with E-state index < -0.39 is 0 Å². The predicted octanol–water partition coefficient (Wildman–Crippen LogP) is 2.65. The van der Waals surface area contributed by atoms with E-state index in [-0.39, 0.29) is 17.4 Å². The molecule has 0 radical (unpaired) electrons. The molecule has 0 bridgehead atoms. The van der Waals surface area contributed by atoms with Crippen LogP contribution in [0.25, 0.3) is 16.6 Å². The Morgan fingerprint density at radius 2 is 2.08 bits per heavy atom. The van der Waals surface area contributed by atoms with Gasteiger partial charge in [0, 0.05) is 30.9 Å². The van der Waals surface area contributed by atoms with Crippen LogP contribution in [0.5, 0.6) is 5.88 Å². The molecule has 7 heteroatoms. The predicted molar refractivity (Wildman–Crippen MR) is 97.4 cm³/mol. The molecule has 1 atom stereocenters. The molecule has 4 aromatic rings. The Hall–Kier alpha value is -3.48. The van der Waals surface area contributed by atoms with Crippen LogP contribution in [0.3, 0.4) is 0 Å². The van der Waals surface area contributed by atoms with Gasteiger partial charge in [0.2, 0.25) is 5.43 Å². The molecule has 7 nitrogen and oxygen atoms in total. The van der Waals surface area contributed by atoms with Crippen LogP contribution in [0.2, 0.25) is 0 Å². The normalized spacial score (nSPS) is 12.2. The Morgan fingerprint density at radius 3 is 2.88 bits per heavy atom. The molecule has 0 aliphatic carbocycles. The highest BCUT2D eigenvalue weighted by atomic mass is 16.5. The maximum Gasteiger partial charge on any atom is 0.280 e. The molecular formula is C19H17N5O2. The van der Waals surface area contributed by atoms with E-state index in [9.17, 15) is 4.79 Å². The number of fused-ring (bicyclic) bond motifs is 1. The van der Waals surface area contributed by atoms with E-state index in [0.717, 1.165) is 22.2 Å². The Morgan fingerprint density at radius 1 is 1.19 bits per heavy atom. The summed E-state index contributed by atoms with van der Waals surface area (Å²) in [6.07, 6.45) is 6.50. The molecule has 3 heterocycles. The van der Waals surface area contributed by atoms with Gasteiger partial charge in [0.05, 0.1) is 17.9 Å². The van der Waals surface area contributed by atoms with Crippen molar-refractivity contribution in [3.8, 4) is 11.6 Å². The molecule has 0 saturated heterocycles. The highest BCUT2D eigenvalue weighted by molar-refractivity contribution is 5.79. The molecule has 0 spiro atoms. The van der Waals surface area contributed by atoms with Crippen molar-refractivity contribution in [1.82, 2.24) is 24.5 Å². The van der Waals surface area contributed by atoms with Crippen molar-refractivity contribution in [3.63, 3.8) is 0 Å². The maximum atomic E-state index is 12.2. The first-order valence-corrected chi connectivity index (χ1v) is 8.20. The minimum atomic E-state index is -0.329. The van der Waals surface area contributed by atoms with E-state index in [2.05, 4.69) is 15.2 Å². The fraction of sp³-hybridized carbons (Fsp3) is 0.158. The summed E-state index contributed by atoms with van der Waals surface area (Å²) in [6.45, 7) is 1.89. The van der Waals surface area contributed by atoms with E-state index in [4.69, 9.17) is 4.74 Å². The summed E-state index contributed by atoms with van der Waals surface area (Å²) in [5, 5.41) is 9.44. The number of pyridine rings is 1. The van der Waals surface area contributed by atoms with Crippen LogP contribution in [0.15, 0.2) is 66.0 Å². The molecule has 0 aliphatic rings. The quantitative estimate of drug-likeness (QED) is 0.567. The summed E-state index contributed by atoms with van der Waals surface area (Å²) in [5.74, 6) is 0.0511. The van der Waals surface area contributed by atoms with Crippen molar-refractivity contribution >= 4 is 10.9 Å². The second-order valence-corrected chi connectivity index (χ2v) is 6.02. The summed E-state index contributed by atoms with van der Waals surface area (Å²) >= 11 is 0. The molecule has 0 aliphatic heterocycles. The molecule has 3 aromatic heterocycles. The first-order chi connectivity index (χ1) is 12.6. The van der Waals surface area contributed by atoms with E-state index in [1.54, 1.807) is 34.2 Å². The van der Waals surface area contributed by atoms with Gasteiger partial charge in [0.1, 0.15) is 11.8 Å². The number of nitrogens with zero attached hydrogens (tertiary/aromatic N) is 5. The summed E-state index contributed by atoms with van der Waals surface area (Å²) in [7, 11) is 1.82. The number of hydrogen-bond donors (Lipinski definition) is 0. The summed E-state index contributed by atoms with van der Waals surface area (Å²) in [5.41, 5.74) is 2.35. The molecule has 1 aromatic carbocycles. The second kappa shape index (κ2) is 6.44. The zero-order valence-corrected chi connectivity index (χ0v) is 14.4. The first-order valence-electron chi connectivity index (χ1n) is 8.20. The van der Waals surface area contributed by atoms with Gasteiger partial charge in [0.25, 0.3) is 5.88 Å². The number of hydrogen-bond acceptors (Lipinski definition) is 5. The van der Waals surface area contributed by atoms with Crippen molar-refractivity contribution in [2.24, 2.45) is 7.05 Å². The molecule has 4 rings (SSSR count). The third-order valence-corrected chi connectivity index (χ3v) is 4.12. The van der Waals surface area contributed by atoms with Crippen LogP contribution >= 0.6 is 0 Å². The number of aromatic nitrogens is 5. The van der Waals surface area contributed by atoms with Gasteiger partial charge in [-0.3, -0.25) is 14.5 Å². The minimum absolute atomic E-state index is 0.0511. The minimum Gasteiger partial charge on any atom is -0.466 e. The highest BCUT2D eigenvalue weighted by Gasteiger charge is 2.13. The third kappa shape index (κ3) is 3.06. The fourth-order valence-electron chi connectivity index (χ4n) is 2.72. The number of aryl methyl sites for hydroxylation is 1. The van der Waals surface area contributed by atoms with Gasteiger partial charge in [-0.15, -0.1) is 5.10 Å². The topological polar surface area (TPSA) is 74.8 Å². The van der Waals surface area contributed by atoms with Crippen LogP contribution in [-0.2, 0) is 7.05 Å². The van der Waals surface area contributed by atoms with Gasteiger partial charge in [-0.05, 0) is 30.7 Å². The van der Waals surface area contributed by atoms with Crippen LogP contribution in [0, 0.1) is 0 Å². The summed E-state index contributed by atoms with van der Waals surface area (Å²) < 4.78 is 9.10. The number of rotatable bonds is 4. The van der Waals surface area contributed by atoms with Crippen molar-refractivity contribution in [1.29, 1.82) is 0 Å². The first kappa shape index (κ1) is 16.0. The van der Waals surface area contributed by atoms with E-state index in [1.165, 1.54) is 6.07 Å². The fourth-order valence-corrected chi connectivity index (χ4v) is 2.72. The van der Waals surface area contributed by atoms with Gasteiger partial charge in [-0.25, -0.2) is 4.68 Å². The van der Waals surface area contributed by atoms with Crippen LogP contribution < -0.4 is 10.2 Å². The Labute approximate surface area is 149 Å². The van der Waals surface area contributed by atoms with Crippen LogP contribution in [0.4, 0.5) is 0 Å². The molecule has 0 unspecified atom stereocenters. The van der Waals surface area contributed by atoms with Crippen molar-refractivity contribution in [2.75, 3.05) is 0 Å². The highest BCUT2D eigenvalue weighted by Crippen LogP contribution is 2.22. The maximum absolute atomic E-state index is 12.2. The van der Waals surface area contributed by atoms with Gasteiger partial charge in [0.15, 0.2) is 0 Å². The smallest absolute Gasteiger partial charge is 0.280 e. The Kier molecular flexibility index (Phi) is 3.96. The van der Waals surface area contributed by atoms with E-state index in [0.29, 0.717) is 0 Å². The van der Waals surface area contributed by atoms with Crippen molar-refractivity contribution in [3.05, 3.63) is 77.0 Å². The zero-order valence-electron chi connectivity index (χ0n) is 14.4. The van der Waals surface area contributed by atoms with Gasteiger partial charge in [-0.1, -0.05) is 12.1 Å². The second-order valence-electron chi connectivity index (χ2n) is 6.02. The largest absolute Gasteiger partial charge is 0.466 e. The number of ether oxygens (including phenoxy) is 1. The lowest BCUT2D eigenvalue weighted by Crippen LogP contribution is -2.16. The Balaban J connectivity index is 1.64. The van der Waals surface area contributed by atoms with Crippen LogP contribution in [0.1, 0.15) is 18.6 Å². The molecular weight excluding hydrogens is 330 g/mol. The van der Waals surface area contributed by atoms with Gasteiger partial charge < -0.3 is 4.74 Å². The SMILES string of the molecule is C[C@H](Oc1nn(-c2cnn(C)c2)ccc1=O)c1ccc2ncccc2c1. The van der Waals surface area contributed by atoms with Crippen molar-refractivity contribution < 1.29 is 4.74 Å². The van der Waals surface area contributed by atoms with Gasteiger partial charge in [-0.2, -0.15) is 5.10 Å². The molecule has 0 fully saturated rings. The summed E-state index contributed by atoms with van der Waals surface area (Å²) in [6, 6.07) is 11.2.